The highest BCUT2D eigenvalue weighted by molar-refractivity contribution is 5.94. The Hall–Kier alpha value is -1.35. The smallest absolute Gasteiger partial charge is 0.253 e. The lowest BCUT2D eigenvalue weighted by Crippen LogP contribution is -2.36. The molecule has 0 aromatic heterocycles. The molecule has 1 saturated carbocycles. The lowest BCUT2D eigenvalue weighted by Gasteiger charge is -2.27. The Bertz CT molecular complexity index is 501. The van der Waals surface area contributed by atoms with Gasteiger partial charge in [0, 0.05) is 31.2 Å². The van der Waals surface area contributed by atoms with Crippen LogP contribution in [0.25, 0.3) is 0 Å². The Morgan fingerprint density at radius 3 is 2.17 bits per heavy atom. The van der Waals surface area contributed by atoms with E-state index in [-0.39, 0.29) is 5.91 Å². The number of nitrogens with zero attached hydrogens (tertiary/aromatic N) is 2. The molecule has 0 aliphatic heterocycles. The third-order valence-corrected chi connectivity index (χ3v) is 5.42. The topological polar surface area (TPSA) is 23.6 Å². The van der Waals surface area contributed by atoms with Crippen LogP contribution in [0.1, 0.15) is 75.2 Å². The number of benzene rings is 1. The van der Waals surface area contributed by atoms with Gasteiger partial charge in [-0.25, -0.2) is 0 Å². The van der Waals surface area contributed by atoms with Gasteiger partial charge in [0.2, 0.25) is 0 Å². The average molecular weight is 331 g/mol. The maximum atomic E-state index is 12.8. The summed E-state index contributed by atoms with van der Waals surface area (Å²) in [5, 5.41) is 0. The van der Waals surface area contributed by atoms with E-state index in [0.717, 1.165) is 31.5 Å². The molecule has 0 atom stereocenters. The van der Waals surface area contributed by atoms with Gasteiger partial charge in [0.15, 0.2) is 0 Å². The van der Waals surface area contributed by atoms with Crippen molar-refractivity contribution in [2.24, 2.45) is 0 Å². The quantitative estimate of drug-likeness (QED) is 0.705. The first-order valence-corrected chi connectivity index (χ1v) is 9.63. The number of amides is 1. The standard InChI is InChI=1S/C21H34N2O/c1-5-23(17(2)3)16-18-12-14-19(15-13-18)21(24)22(4)20-10-8-6-7-9-11-20/h12-15,17,20H,5-11,16H2,1-4H3. The van der Waals surface area contributed by atoms with Crippen LogP contribution in [-0.2, 0) is 6.54 Å². The van der Waals surface area contributed by atoms with Crippen LogP contribution in [0, 0.1) is 0 Å². The van der Waals surface area contributed by atoms with E-state index in [9.17, 15) is 4.79 Å². The molecular weight excluding hydrogens is 296 g/mol. The molecule has 3 nitrogen and oxygen atoms in total. The van der Waals surface area contributed by atoms with Crippen LogP contribution >= 0.6 is 0 Å². The van der Waals surface area contributed by atoms with Crippen molar-refractivity contribution in [2.45, 2.75) is 77.9 Å². The summed E-state index contributed by atoms with van der Waals surface area (Å²) in [7, 11) is 1.98. The molecule has 1 fully saturated rings. The highest BCUT2D eigenvalue weighted by atomic mass is 16.2. The molecule has 0 saturated heterocycles. The first kappa shape index (κ1) is 19.0. The number of hydrogen-bond acceptors (Lipinski definition) is 2. The van der Waals surface area contributed by atoms with Crippen LogP contribution in [0.2, 0.25) is 0 Å². The fourth-order valence-electron chi connectivity index (χ4n) is 3.66. The minimum absolute atomic E-state index is 0.171. The summed E-state index contributed by atoms with van der Waals surface area (Å²) in [6.07, 6.45) is 7.45. The van der Waals surface area contributed by atoms with Gasteiger partial charge in [-0.2, -0.15) is 0 Å². The van der Waals surface area contributed by atoms with E-state index < -0.39 is 0 Å². The highest BCUT2D eigenvalue weighted by Crippen LogP contribution is 2.22. The molecule has 0 bridgehead atoms. The fraction of sp³-hybridized carbons (Fsp3) is 0.667. The van der Waals surface area contributed by atoms with Crippen LogP contribution in [0.5, 0.6) is 0 Å². The Labute approximate surface area is 148 Å². The van der Waals surface area contributed by atoms with Crippen LogP contribution in [0.3, 0.4) is 0 Å². The molecule has 2 rings (SSSR count). The van der Waals surface area contributed by atoms with Crippen molar-refractivity contribution in [3.05, 3.63) is 35.4 Å². The van der Waals surface area contributed by atoms with Crippen molar-refractivity contribution < 1.29 is 4.79 Å². The van der Waals surface area contributed by atoms with Crippen molar-refractivity contribution >= 4 is 5.91 Å². The van der Waals surface area contributed by atoms with Gasteiger partial charge in [-0.05, 0) is 50.9 Å². The second kappa shape index (κ2) is 9.22. The minimum Gasteiger partial charge on any atom is -0.339 e. The fourth-order valence-corrected chi connectivity index (χ4v) is 3.66. The lowest BCUT2D eigenvalue weighted by molar-refractivity contribution is 0.0717. The summed E-state index contributed by atoms with van der Waals surface area (Å²) in [5.41, 5.74) is 2.09. The van der Waals surface area contributed by atoms with E-state index in [4.69, 9.17) is 0 Å². The molecule has 1 aliphatic rings. The SMILES string of the molecule is CCN(Cc1ccc(C(=O)N(C)C2CCCCCC2)cc1)C(C)C. The van der Waals surface area contributed by atoms with Crippen LogP contribution in [-0.4, -0.2) is 41.4 Å². The molecule has 24 heavy (non-hydrogen) atoms. The zero-order chi connectivity index (χ0) is 17.5. The molecule has 0 heterocycles. The predicted molar refractivity (Wildman–Crippen MR) is 101 cm³/mol. The van der Waals surface area contributed by atoms with Crippen molar-refractivity contribution in [1.82, 2.24) is 9.80 Å². The number of rotatable bonds is 6. The maximum Gasteiger partial charge on any atom is 0.253 e. The summed E-state index contributed by atoms with van der Waals surface area (Å²) >= 11 is 0. The van der Waals surface area contributed by atoms with Gasteiger partial charge >= 0.3 is 0 Å². The van der Waals surface area contributed by atoms with E-state index in [1.54, 1.807) is 0 Å². The van der Waals surface area contributed by atoms with Crippen molar-refractivity contribution in [2.75, 3.05) is 13.6 Å². The van der Waals surface area contributed by atoms with Gasteiger partial charge in [-0.1, -0.05) is 44.7 Å². The zero-order valence-corrected chi connectivity index (χ0v) is 15.9. The molecule has 3 heteroatoms. The summed E-state index contributed by atoms with van der Waals surface area (Å²) in [5.74, 6) is 0.171. The summed E-state index contributed by atoms with van der Waals surface area (Å²) in [6, 6.07) is 9.17. The van der Waals surface area contributed by atoms with Gasteiger partial charge in [0.25, 0.3) is 5.91 Å². The lowest BCUT2D eigenvalue weighted by atomic mass is 10.1. The van der Waals surface area contributed by atoms with Gasteiger partial charge in [-0.15, -0.1) is 0 Å². The Kier molecular flexibility index (Phi) is 7.29. The highest BCUT2D eigenvalue weighted by Gasteiger charge is 2.22. The second-order valence-electron chi connectivity index (χ2n) is 7.42. The molecule has 1 aromatic rings. The largest absolute Gasteiger partial charge is 0.339 e. The van der Waals surface area contributed by atoms with E-state index in [1.165, 1.54) is 31.2 Å². The Morgan fingerprint density at radius 2 is 1.67 bits per heavy atom. The maximum absolute atomic E-state index is 12.8. The third kappa shape index (κ3) is 5.07. The van der Waals surface area contributed by atoms with Crippen molar-refractivity contribution in [3.8, 4) is 0 Å². The molecule has 0 unspecified atom stereocenters. The zero-order valence-electron chi connectivity index (χ0n) is 15.9. The van der Waals surface area contributed by atoms with Gasteiger partial charge in [-0.3, -0.25) is 9.69 Å². The minimum atomic E-state index is 0.171. The number of carbonyl (C=O) groups is 1. The second-order valence-corrected chi connectivity index (χ2v) is 7.42. The average Bonchev–Trinajstić information content (AvgIpc) is 2.88. The summed E-state index contributed by atoms with van der Waals surface area (Å²) in [6.45, 7) is 8.63. The van der Waals surface area contributed by atoms with Gasteiger partial charge in [0.05, 0.1) is 0 Å². The molecule has 0 spiro atoms. The van der Waals surface area contributed by atoms with E-state index in [2.05, 4.69) is 37.8 Å². The third-order valence-electron chi connectivity index (χ3n) is 5.42. The Balaban J connectivity index is 1.99. The summed E-state index contributed by atoms with van der Waals surface area (Å²) < 4.78 is 0. The van der Waals surface area contributed by atoms with E-state index in [0.29, 0.717) is 12.1 Å². The van der Waals surface area contributed by atoms with Crippen molar-refractivity contribution in [1.29, 1.82) is 0 Å². The van der Waals surface area contributed by atoms with Crippen LogP contribution < -0.4 is 0 Å². The van der Waals surface area contributed by atoms with E-state index >= 15 is 0 Å². The van der Waals surface area contributed by atoms with Gasteiger partial charge < -0.3 is 4.90 Å². The first-order chi connectivity index (χ1) is 11.5. The predicted octanol–water partition coefficient (Wildman–Crippen LogP) is 4.71. The molecule has 1 amide bonds. The molecule has 1 aliphatic carbocycles. The molecule has 1 aromatic carbocycles. The van der Waals surface area contributed by atoms with Gasteiger partial charge in [0.1, 0.15) is 0 Å². The number of carbonyl (C=O) groups excluding carboxylic acids is 1. The van der Waals surface area contributed by atoms with Crippen LogP contribution in [0.15, 0.2) is 24.3 Å². The number of hydrogen-bond donors (Lipinski definition) is 0. The molecular formula is C21H34N2O. The monoisotopic (exact) mass is 330 g/mol. The van der Waals surface area contributed by atoms with Crippen molar-refractivity contribution in [3.63, 3.8) is 0 Å². The van der Waals surface area contributed by atoms with Crippen LogP contribution in [0.4, 0.5) is 0 Å². The molecule has 0 N–H and O–H groups in total. The molecule has 134 valence electrons. The Morgan fingerprint density at radius 1 is 1.08 bits per heavy atom. The molecule has 0 radical (unpaired) electrons. The first-order valence-electron chi connectivity index (χ1n) is 9.63. The summed E-state index contributed by atoms with van der Waals surface area (Å²) in [4.78, 5) is 17.2. The normalized spacial score (nSPS) is 16.4. The van der Waals surface area contributed by atoms with E-state index in [1.807, 2.05) is 24.1 Å².